The van der Waals surface area contributed by atoms with Crippen LogP contribution in [0.3, 0.4) is 0 Å². The minimum atomic E-state index is -0.223. The standard InChI is InChI=1S/C23H26Cl4N2/c1-22(2,3)18(28-20-14(24)9-7-10-15(20)25)13-19(23(4,5)6)29-21-16(26)11-8-12-17(21)27/h7-12H,13H2,1-6H3. The molecule has 2 aromatic carbocycles. The third kappa shape index (κ3) is 6.46. The molecular formula is C23H26Cl4N2. The highest BCUT2D eigenvalue weighted by molar-refractivity contribution is 6.39. The number of halogens is 4. The van der Waals surface area contributed by atoms with Crippen LogP contribution in [0.2, 0.25) is 20.1 Å². The summed E-state index contributed by atoms with van der Waals surface area (Å²) in [5, 5.41) is 2.07. The first-order chi connectivity index (χ1) is 13.3. The molecule has 29 heavy (non-hydrogen) atoms. The van der Waals surface area contributed by atoms with Gasteiger partial charge in [-0.1, -0.05) is 100 Å². The number of para-hydroxylation sites is 2. The smallest absolute Gasteiger partial charge is 0.100 e. The van der Waals surface area contributed by atoms with Gasteiger partial charge in [0.2, 0.25) is 0 Å². The van der Waals surface area contributed by atoms with Crippen LogP contribution < -0.4 is 0 Å². The van der Waals surface area contributed by atoms with Crippen molar-refractivity contribution in [3.05, 3.63) is 56.5 Å². The molecule has 0 unspecified atom stereocenters. The van der Waals surface area contributed by atoms with E-state index in [9.17, 15) is 0 Å². The Morgan fingerprint density at radius 2 is 0.897 bits per heavy atom. The Hall–Kier alpha value is -1.06. The molecule has 0 spiro atoms. The van der Waals surface area contributed by atoms with Crippen molar-refractivity contribution in [3.63, 3.8) is 0 Å². The largest absolute Gasteiger partial charge is 0.254 e. The molecule has 2 aromatic rings. The van der Waals surface area contributed by atoms with Gasteiger partial charge in [0.1, 0.15) is 11.4 Å². The lowest BCUT2D eigenvalue weighted by Gasteiger charge is -2.28. The summed E-state index contributed by atoms with van der Waals surface area (Å²) in [6.45, 7) is 12.7. The van der Waals surface area contributed by atoms with E-state index in [4.69, 9.17) is 56.4 Å². The van der Waals surface area contributed by atoms with Gasteiger partial charge in [0.15, 0.2) is 0 Å². The van der Waals surface area contributed by atoms with Gasteiger partial charge in [-0.25, -0.2) is 0 Å². The van der Waals surface area contributed by atoms with Crippen molar-refractivity contribution in [1.82, 2.24) is 0 Å². The van der Waals surface area contributed by atoms with E-state index >= 15 is 0 Å². The quantitative estimate of drug-likeness (QED) is 0.396. The molecule has 0 saturated heterocycles. The summed E-state index contributed by atoms with van der Waals surface area (Å²) in [5.74, 6) is 0. The molecule has 0 heterocycles. The van der Waals surface area contributed by atoms with Crippen molar-refractivity contribution >= 4 is 69.2 Å². The maximum Gasteiger partial charge on any atom is 0.100 e. The normalized spacial score (nSPS) is 13.7. The monoisotopic (exact) mass is 470 g/mol. The highest BCUT2D eigenvalue weighted by Crippen LogP contribution is 2.38. The van der Waals surface area contributed by atoms with E-state index in [1.54, 1.807) is 24.3 Å². The molecule has 0 aliphatic heterocycles. The van der Waals surface area contributed by atoms with Crippen LogP contribution >= 0.6 is 46.4 Å². The third-order valence-corrected chi connectivity index (χ3v) is 5.65. The molecule has 0 fully saturated rings. The van der Waals surface area contributed by atoms with Crippen LogP contribution in [-0.2, 0) is 0 Å². The van der Waals surface area contributed by atoms with Crippen LogP contribution in [0.5, 0.6) is 0 Å². The summed E-state index contributed by atoms with van der Waals surface area (Å²) >= 11 is 25.5. The molecule has 156 valence electrons. The zero-order chi connectivity index (χ0) is 22.0. The highest BCUT2D eigenvalue weighted by atomic mass is 35.5. The first-order valence-corrected chi connectivity index (χ1v) is 10.9. The average Bonchev–Trinajstić information content (AvgIpc) is 2.56. The lowest BCUT2D eigenvalue weighted by molar-refractivity contribution is 0.564. The van der Waals surface area contributed by atoms with E-state index < -0.39 is 0 Å². The number of rotatable bonds is 4. The van der Waals surface area contributed by atoms with E-state index in [1.807, 2.05) is 12.1 Å². The topological polar surface area (TPSA) is 24.7 Å². The maximum absolute atomic E-state index is 6.36. The summed E-state index contributed by atoms with van der Waals surface area (Å²) in [6.07, 6.45) is 0.538. The number of hydrogen-bond donors (Lipinski definition) is 0. The summed E-state index contributed by atoms with van der Waals surface area (Å²) in [7, 11) is 0. The Labute approximate surface area is 194 Å². The summed E-state index contributed by atoms with van der Waals surface area (Å²) in [4.78, 5) is 9.75. The molecule has 0 radical (unpaired) electrons. The fourth-order valence-corrected chi connectivity index (χ4v) is 3.53. The fraction of sp³-hybridized carbons (Fsp3) is 0.391. The third-order valence-electron chi connectivity index (χ3n) is 4.43. The Balaban J connectivity index is 2.62. The van der Waals surface area contributed by atoms with Crippen molar-refractivity contribution in [2.24, 2.45) is 20.8 Å². The van der Waals surface area contributed by atoms with Gasteiger partial charge < -0.3 is 0 Å². The highest BCUT2D eigenvalue weighted by Gasteiger charge is 2.27. The molecular weight excluding hydrogens is 446 g/mol. The Bertz CT molecular complexity index is 830. The summed E-state index contributed by atoms with van der Waals surface area (Å²) in [6, 6.07) is 10.8. The molecule has 2 nitrogen and oxygen atoms in total. The van der Waals surface area contributed by atoms with Gasteiger partial charge in [0.05, 0.1) is 20.1 Å². The first kappa shape index (κ1) is 24.2. The van der Waals surface area contributed by atoms with E-state index in [2.05, 4.69) is 41.5 Å². The molecule has 0 aliphatic carbocycles. The van der Waals surface area contributed by atoms with E-state index in [1.165, 1.54) is 0 Å². The Morgan fingerprint density at radius 3 is 1.14 bits per heavy atom. The number of hydrogen-bond acceptors (Lipinski definition) is 2. The summed E-state index contributed by atoms with van der Waals surface area (Å²) in [5.41, 5.74) is 2.54. The van der Waals surface area contributed by atoms with Crippen molar-refractivity contribution in [1.29, 1.82) is 0 Å². The van der Waals surface area contributed by atoms with Gasteiger partial charge in [-0.2, -0.15) is 0 Å². The molecule has 0 amide bonds. The van der Waals surface area contributed by atoms with Crippen LogP contribution in [0.15, 0.2) is 46.4 Å². The number of nitrogens with zero attached hydrogens (tertiary/aromatic N) is 2. The average molecular weight is 472 g/mol. The summed E-state index contributed by atoms with van der Waals surface area (Å²) < 4.78 is 0. The lowest BCUT2D eigenvalue weighted by atomic mass is 9.80. The van der Waals surface area contributed by atoms with Gasteiger partial charge >= 0.3 is 0 Å². The van der Waals surface area contributed by atoms with Crippen molar-refractivity contribution < 1.29 is 0 Å². The van der Waals surface area contributed by atoms with Crippen LogP contribution in [-0.4, -0.2) is 11.4 Å². The zero-order valence-corrected chi connectivity index (χ0v) is 20.6. The van der Waals surface area contributed by atoms with Crippen LogP contribution in [0.1, 0.15) is 48.0 Å². The molecule has 0 atom stereocenters. The predicted octanol–water partition coefficient (Wildman–Crippen LogP) is 9.63. The predicted molar refractivity (Wildman–Crippen MR) is 131 cm³/mol. The van der Waals surface area contributed by atoms with E-state index in [0.717, 1.165) is 11.4 Å². The van der Waals surface area contributed by atoms with Gasteiger partial charge in [-0.05, 0) is 24.3 Å². The Morgan fingerprint density at radius 1 is 0.621 bits per heavy atom. The maximum atomic E-state index is 6.36. The van der Waals surface area contributed by atoms with Gasteiger partial charge in [0, 0.05) is 28.7 Å². The minimum absolute atomic E-state index is 0.223. The molecule has 0 saturated carbocycles. The molecule has 0 aliphatic rings. The zero-order valence-electron chi connectivity index (χ0n) is 17.6. The van der Waals surface area contributed by atoms with E-state index in [0.29, 0.717) is 37.9 Å². The van der Waals surface area contributed by atoms with Gasteiger partial charge in [-0.3, -0.25) is 9.98 Å². The fourth-order valence-electron chi connectivity index (χ4n) is 2.56. The SMILES string of the molecule is CC(C)(C)C(CC(=Nc1c(Cl)cccc1Cl)C(C)(C)C)=Nc1c(Cl)cccc1Cl. The second kappa shape index (κ2) is 9.39. The number of benzene rings is 2. The van der Waals surface area contributed by atoms with Gasteiger partial charge in [-0.15, -0.1) is 0 Å². The minimum Gasteiger partial charge on any atom is -0.254 e. The van der Waals surface area contributed by atoms with Crippen LogP contribution in [0.25, 0.3) is 0 Å². The van der Waals surface area contributed by atoms with Crippen molar-refractivity contribution in [2.45, 2.75) is 48.0 Å². The number of aliphatic imine (C=N–C) groups is 2. The van der Waals surface area contributed by atoms with Crippen LogP contribution in [0.4, 0.5) is 11.4 Å². The second-order valence-corrected chi connectivity index (χ2v) is 10.6. The molecule has 0 N–H and O–H groups in total. The van der Waals surface area contributed by atoms with Crippen molar-refractivity contribution in [2.75, 3.05) is 0 Å². The second-order valence-electron chi connectivity index (χ2n) is 8.93. The molecule has 6 heteroatoms. The lowest BCUT2D eigenvalue weighted by Crippen LogP contribution is -2.29. The van der Waals surface area contributed by atoms with E-state index in [-0.39, 0.29) is 10.8 Å². The first-order valence-electron chi connectivity index (χ1n) is 9.35. The van der Waals surface area contributed by atoms with Crippen molar-refractivity contribution in [3.8, 4) is 0 Å². The Kier molecular flexibility index (Phi) is 7.84. The van der Waals surface area contributed by atoms with Gasteiger partial charge in [0.25, 0.3) is 0 Å². The molecule has 0 aromatic heterocycles. The molecule has 2 rings (SSSR count). The molecule has 0 bridgehead atoms. The van der Waals surface area contributed by atoms with Crippen LogP contribution in [0, 0.1) is 10.8 Å².